The molecule has 0 radical (unpaired) electrons. The van der Waals surface area contributed by atoms with Crippen LogP contribution in [0.2, 0.25) is 0 Å². The Morgan fingerprint density at radius 2 is 1.91 bits per heavy atom. The van der Waals surface area contributed by atoms with Crippen LogP contribution in [0.25, 0.3) is 0 Å². The number of hydrogen-bond acceptors (Lipinski definition) is 4. The molecule has 4 aliphatic rings. The average molecular weight is 441 g/mol. The minimum atomic E-state index is -1.03. The Hall–Kier alpha value is -1.71. The van der Waals surface area contributed by atoms with Crippen LogP contribution in [0.5, 0.6) is 0 Å². The molecule has 0 heterocycles. The molecule has 0 aromatic heterocycles. The molecule has 0 saturated heterocycles. The lowest BCUT2D eigenvalue weighted by Crippen LogP contribution is -2.59. The molecule has 0 aliphatic heterocycles. The van der Waals surface area contributed by atoms with Crippen molar-refractivity contribution in [3.63, 3.8) is 0 Å². The molecule has 4 rings (SSSR count). The van der Waals surface area contributed by atoms with Gasteiger partial charge in [-0.05, 0) is 73.8 Å². The van der Waals surface area contributed by atoms with E-state index in [0.29, 0.717) is 30.6 Å². The van der Waals surface area contributed by atoms with Crippen LogP contribution in [0, 0.1) is 34.5 Å². The van der Waals surface area contributed by atoms with E-state index in [1.165, 1.54) is 5.57 Å². The fourth-order valence-corrected chi connectivity index (χ4v) is 8.12. The summed E-state index contributed by atoms with van der Waals surface area (Å²) in [7, 11) is 0. The zero-order valence-corrected chi connectivity index (χ0v) is 20.5. The lowest BCUT2D eigenvalue weighted by molar-refractivity contribution is -0.192. The molecule has 0 amide bonds. The van der Waals surface area contributed by atoms with E-state index in [1.54, 1.807) is 6.92 Å². The zero-order valence-electron chi connectivity index (χ0n) is 20.5. The second-order valence-electron chi connectivity index (χ2n) is 11.4. The van der Waals surface area contributed by atoms with Crippen LogP contribution in [0.3, 0.4) is 0 Å². The van der Waals surface area contributed by atoms with Gasteiger partial charge in [0.05, 0.1) is 0 Å². The molecule has 32 heavy (non-hydrogen) atoms. The molecule has 0 N–H and O–H groups in total. The van der Waals surface area contributed by atoms with Crippen LogP contribution in [0.4, 0.5) is 0 Å². The molecule has 2 fully saturated rings. The molecule has 0 unspecified atom stereocenters. The lowest BCUT2D eigenvalue weighted by Gasteiger charge is -2.57. The summed E-state index contributed by atoms with van der Waals surface area (Å²) in [6, 6.07) is 0. The molecule has 4 nitrogen and oxygen atoms in total. The summed E-state index contributed by atoms with van der Waals surface area (Å²) in [4.78, 5) is 38.2. The summed E-state index contributed by atoms with van der Waals surface area (Å²) in [5.74, 6) is 1.16. The number of rotatable bonds is 6. The smallest absolute Gasteiger partial charge is 0.306 e. The van der Waals surface area contributed by atoms with E-state index < -0.39 is 5.60 Å². The second kappa shape index (κ2) is 8.25. The second-order valence-corrected chi connectivity index (χ2v) is 11.4. The molecule has 0 bridgehead atoms. The Morgan fingerprint density at radius 3 is 2.59 bits per heavy atom. The van der Waals surface area contributed by atoms with Crippen molar-refractivity contribution < 1.29 is 19.1 Å². The van der Waals surface area contributed by atoms with Gasteiger partial charge in [0.1, 0.15) is 0 Å². The number of hydrogen-bond donors (Lipinski definition) is 0. The third kappa shape index (κ3) is 3.27. The quantitative estimate of drug-likeness (QED) is 0.376. The van der Waals surface area contributed by atoms with Gasteiger partial charge < -0.3 is 4.74 Å². The number of fused-ring (bicyclic) bond motifs is 5. The van der Waals surface area contributed by atoms with E-state index in [-0.39, 0.29) is 34.3 Å². The predicted molar refractivity (Wildman–Crippen MR) is 125 cm³/mol. The first kappa shape index (κ1) is 23.4. The Kier molecular flexibility index (Phi) is 6.05. The maximum Gasteiger partial charge on any atom is 0.306 e. The largest absolute Gasteiger partial charge is 0.450 e. The molecule has 0 spiro atoms. The van der Waals surface area contributed by atoms with E-state index >= 15 is 0 Å². The van der Waals surface area contributed by atoms with Crippen LogP contribution < -0.4 is 0 Å². The average Bonchev–Trinajstić information content (AvgIpc) is 2.96. The number of unbranched alkanes of at least 4 members (excludes halogenated alkanes) is 2. The monoisotopic (exact) mass is 440 g/mol. The van der Waals surface area contributed by atoms with Gasteiger partial charge in [0, 0.05) is 24.2 Å². The van der Waals surface area contributed by atoms with Gasteiger partial charge in [0.25, 0.3) is 0 Å². The summed E-state index contributed by atoms with van der Waals surface area (Å²) < 4.78 is 6.25. The number of Topliss-reactive ketones (excluding diaryl/α,β-unsaturated/α-hetero) is 1. The predicted octanol–water partition coefficient (Wildman–Crippen LogP) is 5.99. The van der Waals surface area contributed by atoms with Crippen molar-refractivity contribution in [2.75, 3.05) is 0 Å². The SMILES string of the molecule is CCCCCC(=O)O[C@]1(C(C)=O)[C@@H](C)C[C@H]2[C@@H]3C=CC4=CC(=O)CC[C@]4(C)[C@H]3CC[C@@]21C. The molecule has 0 aromatic carbocycles. The third-order valence-electron chi connectivity index (χ3n) is 9.84. The Bertz CT molecular complexity index is 869. The lowest BCUT2D eigenvalue weighted by atomic mass is 9.48. The van der Waals surface area contributed by atoms with Gasteiger partial charge in [-0.3, -0.25) is 14.4 Å². The minimum Gasteiger partial charge on any atom is -0.450 e. The third-order valence-corrected chi connectivity index (χ3v) is 9.84. The van der Waals surface area contributed by atoms with Gasteiger partial charge in [0.2, 0.25) is 0 Å². The van der Waals surface area contributed by atoms with Gasteiger partial charge in [-0.1, -0.05) is 52.7 Å². The van der Waals surface area contributed by atoms with E-state index in [1.807, 2.05) is 6.08 Å². The van der Waals surface area contributed by atoms with Crippen LogP contribution in [0.1, 0.15) is 92.4 Å². The van der Waals surface area contributed by atoms with Gasteiger partial charge in [-0.2, -0.15) is 0 Å². The number of esters is 1. The van der Waals surface area contributed by atoms with Crippen LogP contribution in [0.15, 0.2) is 23.8 Å². The van der Waals surface area contributed by atoms with E-state index in [0.717, 1.165) is 44.9 Å². The van der Waals surface area contributed by atoms with Crippen molar-refractivity contribution >= 4 is 17.5 Å². The number of ketones is 2. The van der Waals surface area contributed by atoms with Crippen molar-refractivity contribution in [2.24, 2.45) is 34.5 Å². The zero-order chi connectivity index (χ0) is 23.3. The fraction of sp³-hybridized carbons (Fsp3) is 0.750. The maximum absolute atomic E-state index is 13.2. The molecule has 2 saturated carbocycles. The standard InChI is InChI=1S/C28H40O4/c1-6-7-8-9-25(31)32-28(19(3)29)18(2)16-24-22-11-10-20-17-21(30)12-14-26(20,4)23(22)13-15-27(24,28)5/h10-11,17-18,22-24H,6-9,12-16H2,1-5H3/t18-,22+,23-,24-,26-,27-,28-/m0/s1. The first-order valence-electron chi connectivity index (χ1n) is 12.8. The van der Waals surface area contributed by atoms with Gasteiger partial charge in [-0.15, -0.1) is 0 Å². The highest BCUT2D eigenvalue weighted by molar-refractivity contribution is 5.92. The van der Waals surface area contributed by atoms with Gasteiger partial charge in [0.15, 0.2) is 17.2 Å². The molecular formula is C28H40O4. The van der Waals surface area contributed by atoms with Crippen molar-refractivity contribution in [3.05, 3.63) is 23.8 Å². The van der Waals surface area contributed by atoms with Crippen molar-refractivity contribution in [1.82, 2.24) is 0 Å². The molecular weight excluding hydrogens is 400 g/mol. The summed E-state index contributed by atoms with van der Waals surface area (Å²) >= 11 is 0. The number of allylic oxidation sites excluding steroid dienone is 4. The minimum absolute atomic E-state index is 0.00661. The van der Waals surface area contributed by atoms with Crippen LogP contribution >= 0.6 is 0 Å². The van der Waals surface area contributed by atoms with Crippen LogP contribution in [-0.2, 0) is 19.1 Å². The Morgan fingerprint density at radius 1 is 1.16 bits per heavy atom. The van der Waals surface area contributed by atoms with Gasteiger partial charge >= 0.3 is 5.97 Å². The summed E-state index contributed by atoms with van der Waals surface area (Å²) in [6.45, 7) is 10.4. The van der Waals surface area contributed by atoms with Crippen LogP contribution in [-0.4, -0.2) is 23.1 Å². The normalized spacial score (nSPS) is 42.5. The number of carbonyl (C=O) groups is 3. The topological polar surface area (TPSA) is 60.4 Å². The van der Waals surface area contributed by atoms with Gasteiger partial charge in [-0.25, -0.2) is 0 Å². The first-order valence-corrected chi connectivity index (χ1v) is 12.8. The van der Waals surface area contributed by atoms with E-state index in [9.17, 15) is 14.4 Å². The van der Waals surface area contributed by atoms with Crippen molar-refractivity contribution in [2.45, 2.75) is 98.0 Å². The highest BCUT2D eigenvalue weighted by Gasteiger charge is 2.70. The van der Waals surface area contributed by atoms with Crippen molar-refractivity contribution in [1.29, 1.82) is 0 Å². The molecule has 0 aromatic rings. The molecule has 7 atom stereocenters. The maximum atomic E-state index is 13.2. The Balaban J connectivity index is 1.68. The fourth-order valence-electron chi connectivity index (χ4n) is 8.12. The molecule has 176 valence electrons. The highest BCUT2D eigenvalue weighted by Crippen LogP contribution is 2.68. The summed E-state index contributed by atoms with van der Waals surface area (Å²) in [5.41, 5.74) is -0.174. The van der Waals surface area contributed by atoms with E-state index in [4.69, 9.17) is 4.74 Å². The molecule has 4 aliphatic carbocycles. The first-order chi connectivity index (χ1) is 15.1. The summed E-state index contributed by atoms with van der Waals surface area (Å²) in [5, 5.41) is 0. The van der Waals surface area contributed by atoms with E-state index in [2.05, 4.69) is 39.8 Å². The highest BCUT2D eigenvalue weighted by atomic mass is 16.6. The summed E-state index contributed by atoms with van der Waals surface area (Å²) in [6.07, 6.45) is 13.9. The Labute approximate surface area is 193 Å². The molecule has 4 heteroatoms. The van der Waals surface area contributed by atoms with Crippen molar-refractivity contribution in [3.8, 4) is 0 Å². The number of ether oxygens (including phenoxy) is 1. The number of carbonyl (C=O) groups excluding carboxylic acids is 3.